The van der Waals surface area contributed by atoms with Crippen LogP contribution in [0.5, 0.6) is 0 Å². The largest absolute Gasteiger partial charge is 0.469 e. The fourth-order valence-corrected chi connectivity index (χ4v) is 3.43. The maximum absolute atomic E-state index is 12.0. The van der Waals surface area contributed by atoms with Gasteiger partial charge in [0.2, 0.25) is 5.91 Å². The first-order chi connectivity index (χ1) is 9.04. The molecular weight excluding hydrogens is 266 g/mol. The lowest BCUT2D eigenvalue weighted by Gasteiger charge is -2.20. The zero-order valence-corrected chi connectivity index (χ0v) is 12.5. The van der Waals surface area contributed by atoms with Gasteiger partial charge in [-0.25, -0.2) is 0 Å². The van der Waals surface area contributed by atoms with E-state index < -0.39 is 16.7 Å². The lowest BCUT2D eigenvalue weighted by molar-refractivity contribution is -0.144. The fraction of sp³-hybridized carbons (Fsp3) is 0.846. The van der Waals surface area contributed by atoms with Crippen molar-refractivity contribution in [2.24, 2.45) is 5.92 Å². The molecular formula is C13H23NO4S. The van der Waals surface area contributed by atoms with Crippen LogP contribution in [0.3, 0.4) is 0 Å². The van der Waals surface area contributed by atoms with Crippen LogP contribution in [0.1, 0.15) is 32.6 Å². The van der Waals surface area contributed by atoms with E-state index in [4.69, 9.17) is 0 Å². The second-order valence-corrected chi connectivity index (χ2v) is 6.47. The second kappa shape index (κ2) is 8.30. The van der Waals surface area contributed by atoms with E-state index in [1.54, 1.807) is 11.8 Å². The molecule has 0 N–H and O–H groups in total. The topological polar surface area (TPSA) is 63.7 Å². The normalized spacial score (nSPS) is 19.4. The molecule has 1 amide bonds. The minimum Gasteiger partial charge on any atom is -0.469 e. The standard InChI is InChI=1S/C13H23NO4S/c1-11(13(16)18-2)9-19(17)10-12(15)14-7-5-3-4-6-8-14/h11H,3-10H2,1-2H3. The summed E-state index contributed by atoms with van der Waals surface area (Å²) in [5.74, 6) is -0.663. The molecule has 0 aliphatic carbocycles. The number of methoxy groups -OCH3 is 1. The number of likely N-dealkylation sites (tertiary alicyclic amines) is 1. The third kappa shape index (κ3) is 5.72. The van der Waals surface area contributed by atoms with Crippen molar-refractivity contribution in [1.29, 1.82) is 0 Å². The second-order valence-electron chi connectivity index (χ2n) is 4.97. The Balaban J connectivity index is 2.38. The molecule has 0 aromatic heterocycles. The SMILES string of the molecule is COC(=O)C(C)CS(=O)CC(=O)N1CCCCCC1. The third-order valence-corrected chi connectivity index (χ3v) is 4.72. The zero-order valence-electron chi connectivity index (χ0n) is 11.7. The molecule has 110 valence electrons. The van der Waals surface area contributed by atoms with E-state index in [1.807, 2.05) is 0 Å². The van der Waals surface area contributed by atoms with Crippen molar-refractivity contribution in [2.75, 3.05) is 31.7 Å². The first-order valence-electron chi connectivity index (χ1n) is 6.75. The number of amides is 1. The summed E-state index contributed by atoms with van der Waals surface area (Å²) in [7, 11) is 0.00789. The van der Waals surface area contributed by atoms with Crippen LogP contribution in [0, 0.1) is 5.92 Å². The summed E-state index contributed by atoms with van der Waals surface area (Å²) in [6, 6.07) is 0. The predicted molar refractivity (Wildman–Crippen MR) is 74.1 cm³/mol. The molecule has 0 aromatic carbocycles. The summed E-state index contributed by atoms with van der Waals surface area (Å²) in [5.41, 5.74) is 0. The summed E-state index contributed by atoms with van der Waals surface area (Å²) in [4.78, 5) is 25.0. The number of hydrogen-bond acceptors (Lipinski definition) is 4. The Morgan fingerprint density at radius 2 is 1.79 bits per heavy atom. The number of nitrogens with zero attached hydrogens (tertiary/aromatic N) is 1. The summed E-state index contributed by atoms with van der Waals surface area (Å²) in [6.45, 7) is 3.20. The fourth-order valence-electron chi connectivity index (χ4n) is 2.16. The molecule has 0 aromatic rings. The molecule has 5 nitrogen and oxygen atoms in total. The van der Waals surface area contributed by atoms with Crippen LogP contribution in [0.4, 0.5) is 0 Å². The van der Waals surface area contributed by atoms with Gasteiger partial charge in [0.15, 0.2) is 0 Å². The van der Waals surface area contributed by atoms with Crippen molar-refractivity contribution in [3.63, 3.8) is 0 Å². The molecule has 6 heteroatoms. The summed E-state index contributed by atoms with van der Waals surface area (Å²) >= 11 is 0. The van der Waals surface area contributed by atoms with Gasteiger partial charge in [0, 0.05) is 29.6 Å². The van der Waals surface area contributed by atoms with Gasteiger partial charge < -0.3 is 9.64 Å². The van der Waals surface area contributed by atoms with Crippen molar-refractivity contribution in [3.05, 3.63) is 0 Å². The Morgan fingerprint density at radius 3 is 2.32 bits per heavy atom. The molecule has 2 atom stereocenters. The number of carbonyl (C=O) groups is 2. The monoisotopic (exact) mass is 289 g/mol. The van der Waals surface area contributed by atoms with E-state index in [9.17, 15) is 13.8 Å². The Hall–Kier alpha value is -0.910. The number of esters is 1. The van der Waals surface area contributed by atoms with E-state index in [0.29, 0.717) is 0 Å². The number of rotatable bonds is 5. The van der Waals surface area contributed by atoms with Crippen LogP contribution in [0.15, 0.2) is 0 Å². The minimum atomic E-state index is -1.30. The van der Waals surface area contributed by atoms with Crippen LogP contribution in [-0.4, -0.2) is 52.7 Å². The van der Waals surface area contributed by atoms with Crippen molar-refractivity contribution in [2.45, 2.75) is 32.6 Å². The minimum absolute atomic E-state index is 0.0152. The lowest BCUT2D eigenvalue weighted by Crippen LogP contribution is -2.36. The average Bonchev–Trinajstić information content (AvgIpc) is 2.66. The number of carbonyl (C=O) groups excluding carboxylic acids is 2. The van der Waals surface area contributed by atoms with Crippen LogP contribution >= 0.6 is 0 Å². The maximum Gasteiger partial charge on any atom is 0.309 e. The maximum atomic E-state index is 12.0. The van der Waals surface area contributed by atoms with Gasteiger partial charge in [-0.3, -0.25) is 13.8 Å². The first kappa shape index (κ1) is 16.1. The summed E-state index contributed by atoms with van der Waals surface area (Å²) < 4.78 is 16.5. The highest BCUT2D eigenvalue weighted by Gasteiger charge is 2.21. The van der Waals surface area contributed by atoms with Gasteiger partial charge in [-0.15, -0.1) is 0 Å². The van der Waals surface area contributed by atoms with Crippen LogP contribution < -0.4 is 0 Å². The van der Waals surface area contributed by atoms with Crippen LogP contribution in [-0.2, 0) is 25.1 Å². The van der Waals surface area contributed by atoms with Gasteiger partial charge in [-0.1, -0.05) is 19.8 Å². The van der Waals surface area contributed by atoms with Gasteiger partial charge in [-0.2, -0.15) is 0 Å². The molecule has 0 radical (unpaired) electrons. The quantitative estimate of drug-likeness (QED) is 0.707. The Kier molecular flexibility index (Phi) is 7.05. The van der Waals surface area contributed by atoms with E-state index in [1.165, 1.54) is 7.11 Å². The number of ether oxygens (including phenoxy) is 1. The molecule has 0 spiro atoms. The molecule has 1 saturated heterocycles. The van der Waals surface area contributed by atoms with Crippen molar-refractivity contribution in [1.82, 2.24) is 4.90 Å². The Labute approximate surface area is 117 Å². The van der Waals surface area contributed by atoms with Gasteiger partial charge in [0.25, 0.3) is 0 Å². The van der Waals surface area contributed by atoms with Crippen LogP contribution in [0.25, 0.3) is 0 Å². The summed E-state index contributed by atoms with van der Waals surface area (Å²) in [6.07, 6.45) is 4.37. The Morgan fingerprint density at radius 1 is 1.21 bits per heavy atom. The van der Waals surface area contributed by atoms with Gasteiger partial charge in [0.05, 0.1) is 13.0 Å². The Bertz CT molecular complexity index is 338. The molecule has 1 rings (SSSR count). The molecule has 0 bridgehead atoms. The van der Waals surface area contributed by atoms with Gasteiger partial charge >= 0.3 is 5.97 Å². The van der Waals surface area contributed by atoms with Crippen molar-refractivity contribution < 1.29 is 18.5 Å². The summed E-state index contributed by atoms with van der Waals surface area (Å²) in [5, 5.41) is 0. The van der Waals surface area contributed by atoms with E-state index >= 15 is 0 Å². The number of hydrogen-bond donors (Lipinski definition) is 0. The molecule has 0 saturated carbocycles. The molecule has 1 heterocycles. The molecule has 1 fully saturated rings. The van der Waals surface area contributed by atoms with Crippen LogP contribution in [0.2, 0.25) is 0 Å². The molecule has 1 aliphatic heterocycles. The predicted octanol–water partition coefficient (Wildman–Crippen LogP) is 0.947. The first-order valence-corrected chi connectivity index (χ1v) is 8.24. The molecule has 2 unspecified atom stereocenters. The van der Waals surface area contributed by atoms with Gasteiger partial charge in [-0.05, 0) is 12.8 Å². The van der Waals surface area contributed by atoms with E-state index in [2.05, 4.69) is 4.74 Å². The highest BCUT2D eigenvalue weighted by Crippen LogP contribution is 2.10. The van der Waals surface area contributed by atoms with Gasteiger partial charge in [0.1, 0.15) is 5.75 Å². The van der Waals surface area contributed by atoms with Crippen molar-refractivity contribution in [3.8, 4) is 0 Å². The lowest BCUT2D eigenvalue weighted by atomic mass is 10.2. The zero-order chi connectivity index (χ0) is 14.3. The highest BCUT2D eigenvalue weighted by atomic mass is 32.2. The third-order valence-electron chi connectivity index (χ3n) is 3.28. The van der Waals surface area contributed by atoms with E-state index in [-0.39, 0.29) is 23.4 Å². The average molecular weight is 289 g/mol. The highest BCUT2D eigenvalue weighted by molar-refractivity contribution is 7.85. The molecule has 1 aliphatic rings. The van der Waals surface area contributed by atoms with Crippen molar-refractivity contribution >= 4 is 22.7 Å². The molecule has 19 heavy (non-hydrogen) atoms. The smallest absolute Gasteiger partial charge is 0.309 e. The van der Waals surface area contributed by atoms with E-state index in [0.717, 1.165) is 38.8 Å².